The van der Waals surface area contributed by atoms with E-state index in [9.17, 15) is 4.79 Å². The molecule has 128 valence electrons. The van der Waals surface area contributed by atoms with Crippen LogP contribution in [0.15, 0.2) is 35.0 Å². The zero-order valence-corrected chi connectivity index (χ0v) is 14.8. The normalized spacial score (nSPS) is 15.3. The summed E-state index contributed by atoms with van der Waals surface area (Å²) in [5, 5.41) is 4.28. The second-order valence-corrected chi connectivity index (χ2v) is 6.52. The van der Waals surface area contributed by atoms with Gasteiger partial charge in [-0.1, -0.05) is 6.07 Å². The number of methoxy groups -OCH3 is 2. The van der Waals surface area contributed by atoms with E-state index in [2.05, 4.69) is 21.7 Å². The van der Waals surface area contributed by atoms with Crippen LogP contribution >= 0.6 is 11.3 Å². The van der Waals surface area contributed by atoms with Crippen LogP contribution in [0.1, 0.15) is 15.9 Å². The predicted octanol–water partition coefficient (Wildman–Crippen LogP) is 2.72. The van der Waals surface area contributed by atoms with Gasteiger partial charge in [-0.25, -0.2) is 0 Å². The van der Waals surface area contributed by atoms with Crippen LogP contribution < -0.4 is 9.47 Å². The van der Waals surface area contributed by atoms with Crippen molar-refractivity contribution in [2.45, 2.75) is 6.54 Å². The lowest BCUT2D eigenvalue weighted by Crippen LogP contribution is -2.48. The van der Waals surface area contributed by atoms with Crippen molar-refractivity contribution in [2.24, 2.45) is 0 Å². The van der Waals surface area contributed by atoms with Gasteiger partial charge in [0, 0.05) is 32.7 Å². The summed E-state index contributed by atoms with van der Waals surface area (Å²) in [4.78, 5) is 17.1. The molecular formula is C18H22N2O3S. The Morgan fingerprint density at radius 3 is 2.54 bits per heavy atom. The van der Waals surface area contributed by atoms with Gasteiger partial charge in [-0.05, 0) is 34.5 Å². The van der Waals surface area contributed by atoms with Crippen molar-refractivity contribution in [3.05, 3.63) is 46.2 Å². The smallest absolute Gasteiger partial charge is 0.257 e. The number of amides is 1. The van der Waals surface area contributed by atoms with Gasteiger partial charge in [0.05, 0.1) is 19.8 Å². The van der Waals surface area contributed by atoms with Gasteiger partial charge in [0.25, 0.3) is 5.91 Å². The van der Waals surface area contributed by atoms with Gasteiger partial charge in [0.2, 0.25) is 0 Å². The number of carbonyl (C=O) groups is 1. The average molecular weight is 346 g/mol. The van der Waals surface area contributed by atoms with E-state index >= 15 is 0 Å². The molecule has 0 spiro atoms. The minimum absolute atomic E-state index is 0.000864. The molecular weight excluding hydrogens is 324 g/mol. The van der Waals surface area contributed by atoms with Gasteiger partial charge in [0.15, 0.2) is 11.5 Å². The molecule has 1 aromatic heterocycles. The first-order chi connectivity index (χ1) is 11.7. The molecule has 0 aliphatic carbocycles. The molecule has 0 bridgehead atoms. The van der Waals surface area contributed by atoms with Crippen molar-refractivity contribution < 1.29 is 14.3 Å². The second-order valence-electron chi connectivity index (χ2n) is 5.74. The molecule has 1 amide bonds. The molecule has 1 aliphatic rings. The highest BCUT2D eigenvalue weighted by Gasteiger charge is 2.25. The number of ether oxygens (including phenoxy) is 2. The summed E-state index contributed by atoms with van der Waals surface area (Å²) in [5.41, 5.74) is 1.90. The van der Waals surface area contributed by atoms with Crippen LogP contribution in [0, 0.1) is 0 Å². The van der Waals surface area contributed by atoms with Gasteiger partial charge in [-0.15, -0.1) is 0 Å². The number of carbonyl (C=O) groups excluding carboxylic acids is 1. The number of nitrogens with zero attached hydrogens (tertiary/aromatic N) is 2. The molecule has 1 aromatic carbocycles. The van der Waals surface area contributed by atoms with Crippen LogP contribution in [0.3, 0.4) is 0 Å². The van der Waals surface area contributed by atoms with Gasteiger partial charge in [0.1, 0.15) is 0 Å². The molecule has 0 saturated carbocycles. The average Bonchev–Trinajstić information content (AvgIpc) is 3.14. The molecule has 2 aromatic rings. The third-order valence-corrected chi connectivity index (χ3v) is 5.01. The molecule has 24 heavy (non-hydrogen) atoms. The SMILES string of the molecule is COc1cccc(C(=O)N2CCN(Cc3ccsc3)CC2)c1OC. The van der Waals surface area contributed by atoms with E-state index in [1.54, 1.807) is 37.7 Å². The van der Waals surface area contributed by atoms with Crippen molar-refractivity contribution in [3.63, 3.8) is 0 Å². The third kappa shape index (κ3) is 3.55. The highest BCUT2D eigenvalue weighted by Crippen LogP contribution is 2.31. The fourth-order valence-corrected chi connectivity index (χ4v) is 3.64. The van der Waals surface area contributed by atoms with Crippen LogP contribution in [-0.2, 0) is 6.54 Å². The van der Waals surface area contributed by atoms with Gasteiger partial charge >= 0.3 is 0 Å². The third-order valence-electron chi connectivity index (χ3n) is 4.28. The minimum atomic E-state index is 0.000864. The Kier molecular flexibility index (Phi) is 5.37. The van der Waals surface area contributed by atoms with Gasteiger partial charge < -0.3 is 14.4 Å². The zero-order valence-electron chi connectivity index (χ0n) is 14.0. The lowest BCUT2D eigenvalue weighted by atomic mass is 10.1. The van der Waals surface area contributed by atoms with Crippen LogP contribution in [0.4, 0.5) is 0 Å². The summed E-state index contributed by atoms with van der Waals surface area (Å²) < 4.78 is 10.7. The second kappa shape index (κ2) is 7.68. The summed E-state index contributed by atoms with van der Waals surface area (Å²) in [6, 6.07) is 7.57. The molecule has 1 aliphatic heterocycles. The fraction of sp³-hybridized carbons (Fsp3) is 0.389. The molecule has 0 radical (unpaired) electrons. The number of piperazine rings is 1. The molecule has 1 fully saturated rings. The van der Waals surface area contributed by atoms with E-state index in [1.807, 2.05) is 11.0 Å². The Balaban J connectivity index is 1.65. The van der Waals surface area contributed by atoms with E-state index in [4.69, 9.17) is 9.47 Å². The molecule has 0 N–H and O–H groups in total. The summed E-state index contributed by atoms with van der Waals surface area (Å²) >= 11 is 1.72. The van der Waals surface area contributed by atoms with Crippen molar-refractivity contribution in [1.29, 1.82) is 0 Å². The summed E-state index contributed by atoms with van der Waals surface area (Å²) in [5.74, 6) is 1.09. The van der Waals surface area contributed by atoms with E-state index in [-0.39, 0.29) is 5.91 Å². The van der Waals surface area contributed by atoms with Crippen LogP contribution in [0.25, 0.3) is 0 Å². The highest BCUT2D eigenvalue weighted by molar-refractivity contribution is 7.07. The zero-order chi connectivity index (χ0) is 16.9. The number of hydrogen-bond donors (Lipinski definition) is 0. The lowest BCUT2D eigenvalue weighted by molar-refractivity contribution is 0.0625. The quantitative estimate of drug-likeness (QED) is 0.835. The summed E-state index contributed by atoms with van der Waals surface area (Å²) in [6.45, 7) is 4.17. The van der Waals surface area contributed by atoms with E-state index < -0.39 is 0 Å². The maximum atomic E-state index is 12.8. The van der Waals surface area contributed by atoms with E-state index in [1.165, 1.54) is 5.56 Å². The Morgan fingerprint density at radius 1 is 1.12 bits per heavy atom. The molecule has 0 unspecified atom stereocenters. The van der Waals surface area contributed by atoms with Crippen molar-refractivity contribution in [1.82, 2.24) is 9.80 Å². The van der Waals surface area contributed by atoms with Crippen LogP contribution in [-0.4, -0.2) is 56.1 Å². The molecule has 0 atom stereocenters. The van der Waals surface area contributed by atoms with Crippen LogP contribution in [0.2, 0.25) is 0 Å². The Bertz CT molecular complexity index is 680. The van der Waals surface area contributed by atoms with Crippen molar-refractivity contribution in [3.8, 4) is 11.5 Å². The van der Waals surface area contributed by atoms with Crippen LogP contribution in [0.5, 0.6) is 11.5 Å². The topological polar surface area (TPSA) is 42.0 Å². The first kappa shape index (κ1) is 16.8. The largest absolute Gasteiger partial charge is 0.493 e. The Morgan fingerprint density at radius 2 is 1.92 bits per heavy atom. The summed E-state index contributed by atoms with van der Waals surface area (Å²) in [6.07, 6.45) is 0. The van der Waals surface area contributed by atoms with Gasteiger partial charge in [-0.3, -0.25) is 9.69 Å². The highest BCUT2D eigenvalue weighted by atomic mass is 32.1. The van der Waals surface area contributed by atoms with E-state index in [0.717, 1.165) is 32.7 Å². The Labute approximate surface area is 146 Å². The fourth-order valence-electron chi connectivity index (χ4n) is 2.98. The number of para-hydroxylation sites is 1. The Hall–Kier alpha value is -2.05. The van der Waals surface area contributed by atoms with Crippen molar-refractivity contribution >= 4 is 17.2 Å². The van der Waals surface area contributed by atoms with Gasteiger partial charge in [-0.2, -0.15) is 11.3 Å². The standard InChI is InChI=1S/C18H22N2O3S/c1-22-16-5-3-4-15(17(16)23-2)18(21)20-9-7-19(8-10-20)12-14-6-11-24-13-14/h3-6,11,13H,7-10,12H2,1-2H3. The summed E-state index contributed by atoms with van der Waals surface area (Å²) in [7, 11) is 3.14. The molecule has 6 heteroatoms. The molecule has 1 saturated heterocycles. The maximum Gasteiger partial charge on any atom is 0.257 e. The molecule has 3 rings (SSSR count). The lowest BCUT2D eigenvalue weighted by Gasteiger charge is -2.34. The predicted molar refractivity (Wildman–Crippen MR) is 95.0 cm³/mol. The monoisotopic (exact) mass is 346 g/mol. The number of hydrogen-bond acceptors (Lipinski definition) is 5. The number of rotatable bonds is 5. The molecule has 2 heterocycles. The number of benzene rings is 1. The number of thiophene rings is 1. The van der Waals surface area contributed by atoms with E-state index in [0.29, 0.717) is 17.1 Å². The minimum Gasteiger partial charge on any atom is -0.493 e. The first-order valence-electron chi connectivity index (χ1n) is 7.96. The first-order valence-corrected chi connectivity index (χ1v) is 8.91. The molecule has 5 nitrogen and oxygen atoms in total. The maximum absolute atomic E-state index is 12.8. The van der Waals surface area contributed by atoms with Crippen molar-refractivity contribution in [2.75, 3.05) is 40.4 Å².